The number of halogens is 4. The molecule has 1 aromatic heterocycles. The zero-order valence-electron chi connectivity index (χ0n) is 13.9. The molecule has 1 heterocycles. The van der Waals surface area contributed by atoms with Gasteiger partial charge >= 0.3 is 5.88 Å². The summed E-state index contributed by atoms with van der Waals surface area (Å²) >= 11 is 24.6. The lowest BCUT2D eigenvalue weighted by Gasteiger charge is -2.37. The van der Waals surface area contributed by atoms with Crippen molar-refractivity contribution in [1.82, 2.24) is 9.34 Å². The van der Waals surface area contributed by atoms with Crippen LogP contribution in [0.1, 0.15) is 5.76 Å². The molecule has 7 nitrogen and oxygen atoms in total. The highest BCUT2D eigenvalue weighted by Gasteiger charge is 2.37. The second kappa shape index (κ2) is 12.7. The molecule has 0 fully saturated rings. The second-order valence-electron chi connectivity index (χ2n) is 4.92. The average Bonchev–Trinajstić information content (AvgIpc) is 3.09. The number of nitrogens with zero attached hydrogens (tertiary/aromatic N) is 3. The van der Waals surface area contributed by atoms with E-state index in [0.717, 1.165) is 11.4 Å². The summed E-state index contributed by atoms with van der Waals surface area (Å²) in [6.07, 6.45) is 0. The third kappa shape index (κ3) is 7.06. The molecule has 26 heavy (non-hydrogen) atoms. The zero-order chi connectivity index (χ0) is 19.6. The number of rotatable bonds is 14. The van der Waals surface area contributed by atoms with E-state index in [2.05, 4.69) is 0 Å². The van der Waals surface area contributed by atoms with Crippen molar-refractivity contribution in [2.45, 2.75) is 5.75 Å². The second-order valence-corrected chi connectivity index (χ2v) is 11.3. The lowest BCUT2D eigenvalue weighted by molar-refractivity contribution is -0.402. The van der Waals surface area contributed by atoms with Gasteiger partial charge in [-0.15, -0.1) is 46.4 Å². The van der Waals surface area contributed by atoms with E-state index in [4.69, 9.17) is 50.8 Å². The maximum atomic E-state index is 13.9. The quantitative estimate of drug-likeness (QED) is 0.157. The number of nitro groups is 1. The van der Waals surface area contributed by atoms with Crippen LogP contribution in [-0.2, 0) is 10.3 Å². The Kier molecular flexibility index (Phi) is 11.9. The first-order chi connectivity index (χ1) is 12.4. The fraction of sp³-hybridized carbons (Fsp3) is 0.692. The van der Waals surface area contributed by atoms with Crippen LogP contribution < -0.4 is 0 Å². The number of alkyl halides is 4. The summed E-state index contributed by atoms with van der Waals surface area (Å²) in [4.78, 5) is 10.1. The van der Waals surface area contributed by atoms with Crippen LogP contribution in [-0.4, -0.2) is 64.0 Å². The Hall–Kier alpha value is 0.340. The summed E-state index contributed by atoms with van der Waals surface area (Å²) in [5.74, 6) is 1.31. The van der Waals surface area contributed by atoms with Crippen LogP contribution in [0.3, 0.4) is 0 Å². The third-order valence-electron chi connectivity index (χ3n) is 3.29. The molecule has 150 valence electrons. The van der Waals surface area contributed by atoms with E-state index in [-0.39, 0.29) is 35.2 Å². The van der Waals surface area contributed by atoms with Crippen molar-refractivity contribution < 1.29 is 13.9 Å². The predicted octanol–water partition coefficient (Wildman–Crippen LogP) is 5.09. The molecule has 1 rings (SSSR count). The fourth-order valence-corrected chi connectivity index (χ4v) is 8.83. The monoisotopic (exact) mass is 485 g/mol. The Bertz CT molecular complexity index is 578. The van der Waals surface area contributed by atoms with Crippen molar-refractivity contribution in [3.05, 3.63) is 28.0 Å². The zero-order valence-corrected chi connectivity index (χ0v) is 18.6. The molecule has 1 aromatic rings. The van der Waals surface area contributed by atoms with Gasteiger partial charge < -0.3 is 4.42 Å². The van der Waals surface area contributed by atoms with Crippen LogP contribution in [0.15, 0.2) is 16.5 Å². The van der Waals surface area contributed by atoms with Crippen molar-refractivity contribution in [3.8, 4) is 0 Å². The molecule has 0 aliphatic heterocycles. The Balaban J connectivity index is 3.06. The van der Waals surface area contributed by atoms with Gasteiger partial charge in [0.15, 0.2) is 0 Å². The standard InChI is InChI=1S/C13H20Cl4N3O4PS/c14-3-7-18(8-4-15)25(23,19(9-5-16)10-6-17)26-11-12-1-2-13(24-12)20(21)22/h1-2H,3-11H2. The topological polar surface area (TPSA) is 79.8 Å². The van der Waals surface area contributed by atoms with Gasteiger partial charge in [-0.3, -0.25) is 14.7 Å². The van der Waals surface area contributed by atoms with Gasteiger partial charge in [-0.25, -0.2) is 9.34 Å². The molecule has 0 saturated heterocycles. The summed E-state index contributed by atoms with van der Waals surface area (Å²) in [7, 11) is 0. The van der Waals surface area contributed by atoms with Crippen molar-refractivity contribution in [2.75, 3.05) is 49.7 Å². The van der Waals surface area contributed by atoms with Crippen molar-refractivity contribution >= 4 is 70.3 Å². The van der Waals surface area contributed by atoms with Gasteiger partial charge in [0.05, 0.1) is 11.8 Å². The van der Waals surface area contributed by atoms with E-state index in [9.17, 15) is 14.7 Å². The number of furan rings is 1. The summed E-state index contributed by atoms with van der Waals surface area (Å²) in [6.45, 7) is -1.68. The van der Waals surface area contributed by atoms with Crippen molar-refractivity contribution in [3.63, 3.8) is 0 Å². The molecule has 0 N–H and O–H groups in total. The highest BCUT2D eigenvalue weighted by molar-refractivity contribution is 8.56. The largest absolute Gasteiger partial charge is 0.433 e. The minimum atomic E-state index is -3.17. The maximum Gasteiger partial charge on any atom is 0.433 e. The lowest BCUT2D eigenvalue weighted by atomic mass is 10.5. The molecule has 0 bridgehead atoms. The van der Waals surface area contributed by atoms with Gasteiger partial charge in [-0.05, 0) is 6.07 Å². The Morgan fingerprint density at radius 2 is 1.46 bits per heavy atom. The van der Waals surface area contributed by atoms with Gasteiger partial charge in [-0.2, -0.15) is 0 Å². The van der Waals surface area contributed by atoms with E-state index in [1.54, 1.807) is 9.34 Å². The Morgan fingerprint density at radius 3 is 1.81 bits per heavy atom. The van der Waals surface area contributed by atoms with Crippen LogP contribution in [0.25, 0.3) is 0 Å². The first kappa shape index (κ1) is 24.4. The maximum absolute atomic E-state index is 13.9. The van der Waals surface area contributed by atoms with Gasteiger partial charge in [0.1, 0.15) is 10.7 Å². The smallest absolute Gasteiger partial charge is 0.405 e. The highest BCUT2D eigenvalue weighted by atomic mass is 35.5. The van der Waals surface area contributed by atoms with Crippen LogP contribution in [0.2, 0.25) is 0 Å². The van der Waals surface area contributed by atoms with Crippen LogP contribution in [0, 0.1) is 10.1 Å². The third-order valence-corrected chi connectivity index (χ3v) is 9.73. The normalized spacial score (nSPS) is 12.2. The van der Waals surface area contributed by atoms with Gasteiger partial charge in [-0.1, -0.05) is 11.4 Å². The first-order valence-corrected chi connectivity index (χ1v) is 13.0. The van der Waals surface area contributed by atoms with E-state index in [1.807, 2.05) is 0 Å². The van der Waals surface area contributed by atoms with Crippen LogP contribution in [0.5, 0.6) is 0 Å². The van der Waals surface area contributed by atoms with Crippen molar-refractivity contribution in [1.29, 1.82) is 0 Å². The summed E-state index contributed by atoms with van der Waals surface area (Å²) in [5, 5.41) is 10.7. The Morgan fingerprint density at radius 1 is 1.00 bits per heavy atom. The summed E-state index contributed by atoms with van der Waals surface area (Å²) in [6, 6.07) is 2.77. The molecule has 0 aliphatic rings. The molecule has 0 saturated carbocycles. The minimum Gasteiger partial charge on any atom is -0.405 e. The predicted molar refractivity (Wildman–Crippen MR) is 110 cm³/mol. The molecule has 0 aromatic carbocycles. The molecule has 0 spiro atoms. The minimum absolute atomic E-state index is 0.188. The van der Waals surface area contributed by atoms with E-state index in [1.165, 1.54) is 12.1 Å². The SMILES string of the molecule is O=[N+]([O-])c1ccc(CSP(=O)(N(CCCl)CCCl)N(CCCl)CCCl)o1. The molecule has 0 unspecified atom stereocenters. The van der Waals surface area contributed by atoms with E-state index in [0.29, 0.717) is 31.9 Å². The summed E-state index contributed by atoms with van der Waals surface area (Å²) in [5.41, 5.74) is 0. The molecule has 0 aliphatic carbocycles. The molecular weight excluding hydrogens is 467 g/mol. The van der Waals surface area contributed by atoms with Crippen LogP contribution in [0.4, 0.5) is 5.88 Å². The van der Waals surface area contributed by atoms with Gasteiger partial charge in [0, 0.05) is 49.7 Å². The molecule has 13 heteroatoms. The fourth-order valence-electron chi connectivity index (χ4n) is 2.15. The molecular formula is C13H20Cl4N3O4PS. The van der Waals surface area contributed by atoms with Crippen LogP contribution >= 0.6 is 64.4 Å². The van der Waals surface area contributed by atoms with Gasteiger partial charge in [0.25, 0.3) is 6.65 Å². The molecule has 0 radical (unpaired) electrons. The number of hydrogen-bond donors (Lipinski definition) is 0. The summed E-state index contributed by atoms with van der Waals surface area (Å²) < 4.78 is 22.5. The Labute approximate surface area is 176 Å². The number of hydrogen-bond acceptors (Lipinski definition) is 5. The lowest BCUT2D eigenvalue weighted by Crippen LogP contribution is -2.35. The van der Waals surface area contributed by atoms with Crippen molar-refractivity contribution in [2.24, 2.45) is 0 Å². The highest BCUT2D eigenvalue weighted by Crippen LogP contribution is 2.65. The van der Waals surface area contributed by atoms with Gasteiger partial charge in [0.2, 0.25) is 0 Å². The molecule has 0 amide bonds. The first-order valence-electron chi connectivity index (χ1n) is 7.65. The average molecular weight is 487 g/mol. The van der Waals surface area contributed by atoms with E-state index < -0.39 is 11.6 Å². The van der Waals surface area contributed by atoms with E-state index >= 15 is 0 Å². The molecule has 0 atom stereocenters.